The number of nitrogens with zero attached hydrogens (tertiary/aromatic N) is 3. The van der Waals surface area contributed by atoms with Crippen LogP contribution >= 0.6 is 0 Å². The van der Waals surface area contributed by atoms with Gasteiger partial charge in [0.2, 0.25) is 0 Å². The highest BCUT2D eigenvalue weighted by atomic mass is 19.1. The van der Waals surface area contributed by atoms with Gasteiger partial charge in [-0.15, -0.1) is 0 Å². The summed E-state index contributed by atoms with van der Waals surface area (Å²) in [5.74, 6) is -0.522. The molecule has 7 nitrogen and oxygen atoms in total. The Morgan fingerprint density at radius 2 is 1.82 bits per heavy atom. The Morgan fingerprint density at radius 3 is 2.46 bits per heavy atom. The molecule has 0 spiro atoms. The number of carbonyl (C=O) groups excluding carboxylic acids is 1. The topological polar surface area (TPSA) is 78.7 Å². The lowest BCUT2D eigenvalue weighted by molar-refractivity contribution is -0.384. The van der Waals surface area contributed by atoms with Crippen LogP contribution in [0.25, 0.3) is 0 Å². The third-order valence-electron chi connectivity index (χ3n) is 5.14. The van der Waals surface area contributed by atoms with Crippen LogP contribution in [0.5, 0.6) is 0 Å². The SMILES string of the molecule is O=C(c1ccc(NC2CC2)c([N+](=O)[O-])c1)N1CCN(c2ccccc2F)CC1. The van der Waals surface area contributed by atoms with Gasteiger partial charge in [-0.2, -0.15) is 0 Å². The molecule has 146 valence electrons. The minimum absolute atomic E-state index is 0.0808. The third-order valence-corrected chi connectivity index (χ3v) is 5.14. The van der Waals surface area contributed by atoms with Gasteiger partial charge in [0.1, 0.15) is 11.5 Å². The van der Waals surface area contributed by atoms with Crippen LogP contribution in [0.1, 0.15) is 23.2 Å². The van der Waals surface area contributed by atoms with Crippen molar-refractivity contribution in [3.8, 4) is 0 Å². The van der Waals surface area contributed by atoms with Gasteiger partial charge in [0.15, 0.2) is 0 Å². The Balaban J connectivity index is 1.45. The molecule has 0 radical (unpaired) electrons. The van der Waals surface area contributed by atoms with E-state index < -0.39 is 4.92 Å². The first-order chi connectivity index (χ1) is 13.5. The lowest BCUT2D eigenvalue weighted by atomic mass is 10.1. The van der Waals surface area contributed by atoms with Gasteiger partial charge >= 0.3 is 0 Å². The number of carbonyl (C=O) groups is 1. The van der Waals surface area contributed by atoms with E-state index in [1.165, 1.54) is 12.1 Å². The molecule has 8 heteroatoms. The van der Waals surface area contributed by atoms with Crippen LogP contribution in [-0.2, 0) is 0 Å². The standard InChI is InChI=1S/C20H21FN4O3/c21-16-3-1-2-4-18(16)23-9-11-24(12-10-23)20(26)14-5-8-17(22-15-6-7-15)19(13-14)25(27)28/h1-5,8,13,15,22H,6-7,9-12H2. The number of nitrogens with one attached hydrogen (secondary N) is 1. The number of piperazine rings is 1. The predicted molar refractivity (Wildman–Crippen MR) is 104 cm³/mol. The van der Waals surface area contributed by atoms with E-state index in [0.717, 1.165) is 12.8 Å². The molecule has 1 amide bonds. The summed E-state index contributed by atoms with van der Waals surface area (Å²) in [4.78, 5) is 27.3. The molecule has 1 saturated carbocycles. The molecular weight excluding hydrogens is 363 g/mol. The second-order valence-corrected chi connectivity index (χ2v) is 7.14. The van der Waals surface area contributed by atoms with Crippen molar-refractivity contribution in [2.75, 3.05) is 36.4 Å². The summed E-state index contributed by atoms with van der Waals surface area (Å²) in [7, 11) is 0. The molecule has 1 N–H and O–H groups in total. The molecule has 2 aromatic rings. The van der Waals surface area contributed by atoms with Crippen LogP contribution in [0.2, 0.25) is 0 Å². The highest BCUT2D eigenvalue weighted by Gasteiger charge is 2.28. The lowest BCUT2D eigenvalue weighted by Crippen LogP contribution is -2.49. The van der Waals surface area contributed by atoms with E-state index in [2.05, 4.69) is 5.32 Å². The zero-order chi connectivity index (χ0) is 19.7. The van der Waals surface area contributed by atoms with Crippen LogP contribution in [0.4, 0.5) is 21.5 Å². The average Bonchev–Trinajstić information content (AvgIpc) is 3.52. The van der Waals surface area contributed by atoms with Gasteiger partial charge in [-0.05, 0) is 37.1 Å². The zero-order valence-corrected chi connectivity index (χ0v) is 15.3. The van der Waals surface area contributed by atoms with Crippen molar-refractivity contribution in [1.82, 2.24) is 4.90 Å². The van der Waals surface area contributed by atoms with Gasteiger partial charge < -0.3 is 15.1 Å². The first-order valence-corrected chi connectivity index (χ1v) is 9.36. The smallest absolute Gasteiger partial charge is 0.293 e. The minimum Gasteiger partial charge on any atom is -0.377 e. The van der Waals surface area contributed by atoms with Crippen molar-refractivity contribution in [2.24, 2.45) is 0 Å². The molecule has 1 aliphatic carbocycles. The highest BCUT2D eigenvalue weighted by molar-refractivity contribution is 5.96. The molecule has 1 aliphatic heterocycles. The number of halogens is 1. The summed E-state index contributed by atoms with van der Waals surface area (Å²) in [6.45, 7) is 1.89. The van der Waals surface area contributed by atoms with Crippen LogP contribution < -0.4 is 10.2 Å². The van der Waals surface area contributed by atoms with E-state index in [1.54, 1.807) is 35.2 Å². The summed E-state index contributed by atoms with van der Waals surface area (Å²) in [5.41, 5.74) is 1.20. The number of nitro groups is 1. The van der Waals surface area contributed by atoms with Crippen molar-refractivity contribution in [3.63, 3.8) is 0 Å². The monoisotopic (exact) mass is 384 g/mol. The molecule has 2 aliphatic rings. The predicted octanol–water partition coefficient (Wildman–Crippen LogP) is 3.27. The molecule has 2 aromatic carbocycles. The summed E-state index contributed by atoms with van der Waals surface area (Å²) < 4.78 is 14.0. The molecule has 1 saturated heterocycles. The summed E-state index contributed by atoms with van der Waals surface area (Å²) in [5, 5.41) is 14.5. The van der Waals surface area contributed by atoms with Crippen LogP contribution in [-0.4, -0.2) is 48.0 Å². The van der Waals surface area contributed by atoms with Crippen molar-refractivity contribution in [2.45, 2.75) is 18.9 Å². The maximum Gasteiger partial charge on any atom is 0.293 e. The number of benzene rings is 2. The lowest BCUT2D eigenvalue weighted by Gasteiger charge is -2.36. The van der Waals surface area contributed by atoms with E-state index in [4.69, 9.17) is 0 Å². The number of hydrogen-bond acceptors (Lipinski definition) is 5. The number of hydrogen-bond donors (Lipinski definition) is 1. The molecule has 28 heavy (non-hydrogen) atoms. The Labute approximate surface area is 161 Å². The van der Waals surface area contributed by atoms with Gasteiger partial charge in [0, 0.05) is 43.9 Å². The van der Waals surface area contributed by atoms with Gasteiger partial charge in [-0.3, -0.25) is 14.9 Å². The first-order valence-electron chi connectivity index (χ1n) is 9.36. The van der Waals surface area contributed by atoms with Crippen molar-refractivity contribution in [3.05, 3.63) is 64.0 Å². The quantitative estimate of drug-likeness (QED) is 0.632. The summed E-state index contributed by atoms with van der Waals surface area (Å²) in [6, 6.07) is 11.4. The van der Waals surface area contributed by atoms with E-state index >= 15 is 0 Å². The Hall–Kier alpha value is -3.16. The molecule has 0 aromatic heterocycles. The van der Waals surface area contributed by atoms with Crippen molar-refractivity contribution >= 4 is 23.0 Å². The average molecular weight is 384 g/mol. The zero-order valence-electron chi connectivity index (χ0n) is 15.3. The van der Waals surface area contributed by atoms with E-state index in [1.807, 2.05) is 4.90 Å². The van der Waals surface area contributed by atoms with Crippen molar-refractivity contribution < 1.29 is 14.1 Å². The van der Waals surface area contributed by atoms with Gasteiger partial charge in [-0.25, -0.2) is 4.39 Å². The molecule has 0 atom stereocenters. The Bertz CT molecular complexity index is 908. The number of amides is 1. The Morgan fingerprint density at radius 1 is 1.11 bits per heavy atom. The molecule has 0 unspecified atom stereocenters. The molecule has 4 rings (SSSR count). The first kappa shape index (κ1) is 18.2. The minimum atomic E-state index is -0.461. The van der Waals surface area contributed by atoms with Crippen molar-refractivity contribution in [1.29, 1.82) is 0 Å². The number of rotatable bonds is 5. The highest BCUT2D eigenvalue weighted by Crippen LogP contribution is 2.32. The van der Waals surface area contributed by atoms with Gasteiger partial charge in [0.25, 0.3) is 11.6 Å². The normalized spacial score (nSPS) is 16.8. The molecular formula is C20H21FN4O3. The van der Waals surface area contributed by atoms with Gasteiger partial charge in [0.05, 0.1) is 10.6 Å². The largest absolute Gasteiger partial charge is 0.377 e. The van der Waals surface area contributed by atoms with Crippen LogP contribution in [0, 0.1) is 15.9 Å². The van der Waals surface area contributed by atoms with Crippen LogP contribution in [0.15, 0.2) is 42.5 Å². The van der Waals surface area contributed by atoms with E-state index in [-0.39, 0.29) is 23.5 Å². The molecule has 2 fully saturated rings. The second-order valence-electron chi connectivity index (χ2n) is 7.14. The summed E-state index contributed by atoms with van der Waals surface area (Å²) in [6.07, 6.45) is 2.01. The molecule has 1 heterocycles. The number of nitro benzene ring substituents is 1. The second kappa shape index (κ2) is 7.46. The van der Waals surface area contributed by atoms with E-state index in [9.17, 15) is 19.3 Å². The Kier molecular flexibility index (Phi) is 4.85. The fourth-order valence-corrected chi connectivity index (χ4v) is 3.43. The fourth-order valence-electron chi connectivity index (χ4n) is 3.43. The maximum atomic E-state index is 14.0. The third kappa shape index (κ3) is 3.76. The number of anilines is 2. The molecule has 0 bridgehead atoms. The van der Waals surface area contributed by atoms with Gasteiger partial charge in [-0.1, -0.05) is 12.1 Å². The maximum absolute atomic E-state index is 14.0. The summed E-state index contributed by atoms with van der Waals surface area (Å²) >= 11 is 0. The van der Waals surface area contributed by atoms with Crippen LogP contribution in [0.3, 0.4) is 0 Å². The fraction of sp³-hybridized carbons (Fsp3) is 0.350. The number of para-hydroxylation sites is 1. The van der Waals surface area contributed by atoms with E-state index in [0.29, 0.717) is 43.1 Å².